The summed E-state index contributed by atoms with van der Waals surface area (Å²) < 4.78 is 1.65. The zero-order chi connectivity index (χ0) is 14.1. The maximum atomic E-state index is 12.2. The minimum atomic E-state index is -0.883. The molecule has 0 spiro atoms. The molecule has 1 aromatic heterocycles. The zero-order valence-corrected chi connectivity index (χ0v) is 11.6. The van der Waals surface area contributed by atoms with Gasteiger partial charge in [0.05, 0.1) is 18.8 Å². The van der Waals surface area contributed by atoms with Gasteiger partial charge in [0.1, 0.15) is 5.41 Å². The van der Waals surface area contributed by atoms with Crippen LogP contribution in [-0.4, -0.2) is 27.4 Å². The molecule has 0 saturated carbocycles. The second-order valence-corrected chi connectivity index (χ2v) is 4.62. The van der Waals surface area contributed by atoms with Gasteiger partial charge < -0.3 is 5.32 Å². The van der Waals surface area contributed by atoms with Crippen LogP contribution in [0.15, 0.2) is 12.4 Å². The average molecular weight is 263 g/mol. The van der Waals surface area contributed by atoms with Crippen molar-refractivity contribution in [2.45, 2.75) is 46.1 Å². The maximum Gasteiger partial charge on any atom is 0.240 e. The molecule has 1 amide bonds. The number of carbonyl (C=O) groups is 1. The molecule has 0 atom stereocenters. The van der Waals surface area contributed by atoms with Gasteiger partial charge in [-0.25, -0.2) is 0 Å². The molecule has 0 aliphatic rings. The Morgan fingerprint density at radius 2 is 2.11 bits per heavy atom. The van der Waals surface area contributed by atoms with Crippen molar-refractivity contribution in [1.82, 2.24) is 20.3 Å². The lowest BCUT2D eigenvalue weighted by Gasteiger charge is -2.24. The van der Waals surface area contributed by atoms with Crippen LogP contribution in [0, 0.1) is 16.7 Å². The summed E-state index contributed by atoms with van der Waals surface area (Å²) in [5.74, 6) is -0.168. The fourth-order valence-electron chi connectivity index (χ4n) is 2.17. The predicted molar refractivity (Wildman–Crippen MR) is 70.9 cm³/mol. The van der Waals surface area contributed by atoms with E-state index in [0.717, 1.165) is 12.8 Å². The van der Waals surface area contributed by atoms with Crippen molar-refractivity contribution in [3.63, 3.8) is 0 Å². The third-order valence-corrected chi connectivity index (χ3v) is 3.10. The van der Waals surface area contributed by atoms with Gasteiger partial charge in [-0.15, -0.1) is 5.10 Å². The second-order valence-electron chi connectivity index (χ2n) is 4.62. The van der Waals surface area contributed by atoms with E-state index < -0.39 is 5.41 Å². The fraction of sp³-hybridized carbons (Fsp3) is 0.692. The number of hydrogen-bond donors (Lipinski definition) is 1. The van der Waals surface area contributed by atoms with E-state index in [9.17, 15) is 10.1 Å². The summed E-state index contributed by atoms with van der Waals surface area (Å²) in [5, 5.41) is 19.7. The summed E-state index contributed by atoms with van der Waals surface area (Å²) in [5.41, 5.74) is -0.883. The van der Waals surface area contributed by atoms with Crippen LogP contribution >= 0.6 is 0 Å². The van der Waals surface area contributed by atoms with E-state index in [-0.39, 0.29) is 5.91 Å². The van der Waals surface area contributed by atoms with Crippen molar-refractivity contribution in [2.24, 2.45) is 5.41 Å². The number of nitrogens with one attached hydrogen (secondary N) is 1. The molecule has 1 N–H and O–H groups in total. The molecule has 1 aromatic rings. The predicted octanol–water partition coefficient (Wildman–Crippen LogP) is 1.50. The van der Waals surface area contributed by atoms with Gasteiger partial charge in [0.25, 0.3) is 0 Å². The molecule has 0 aliphatic carbocycles. The van der Waals surface area contributed by atoms with Gasteiger partial charge in [-0.3, -0.25) is 9.48 Å². The number of amides is 1. The van der Waals surface area contributed by atoms with E-state index in [4.69, 9.17) is 0 Å². The zero-order valence-electron chi connectivity index (χ0n) is 11.6. The lowest BCUT2D eigenvalue weighted by Crippen LogP contribution is -2.41. The van der Waals surface area contributed by atoms with E-state index in [1.54, 1.807) is 17.1 Å². The SMILES string of the molecule is CCCC(C#N)(CCC)C(=O)NCCn1ccnn1. The lowest BCUT2D eigenvalue weighted by atomic mass is 9.80. The Kier molecular flexibility index (Phi) is 6.00. The Hall–Kier alpha value is -1.90. The molecule has 0 bridgehead atoms. The van der Waals surface area contributed by atoms with E-state index in [2.05, 4.69) is 21.7 Å². The van der Waals surface area contributed by atoms with Crippen LogP contribution in [0.2, 0.25) is 0 Å². The highest BCUT2D eigenvalue weighted by atomic mass is 16.2. The summed E-state index contributed by atoms with van der Waals surface area (Å²) in [6.07, 6.45) is 6.18. The molecule has 0 fully saturated rings. The summed E-state index contributed by atoms with van der Waals surface area (Å²) in [6, 6.07) is 2.21. The van der Waals surface area contributed by atoms with Crippen molar-refractivity contribution in [3.8, 4) is 6.07 Å². The Morgan fingerprint density at radius 3 is 2.58 bits per heavy atom. The van der Waals surface area contributed by atoms with Crippen LogP contribution in [0.4, 0.5) is 0 Å². The molecule has 0 unspecified atom stereocenters. The summed E-state index contributed by atoms with van der Waals surface area (Å²) in [6.45, 7) is 5.00. The minimum absolute atomic E-state index is 0.168. The Labute approximate surface area is 113 Å². The smallest absolute Gasteiger partial charge is 0.240 e. The highest BCUT2D eigenvalue weighted by Gasteiger charge is 2.36. The Bertz CT molecular complexity index is 415. The number of nitrogens with zero attached hydrogens (tertiary/aromatic N) is 4. The number of hydrogen-bond acceptors (Lipinski definition) is 4. The van der Waals surface area contributed by atoms with E-state index in [0.29, 0.717) is 25.9 Å². The van der Waals surface area contributed by atoms with E-state index in [1.807, 2.05) is 13.8 Å². The topological polar surface area (TPSA) is 83.6 Å². The molecule has 6 heteroatoms. The van der Waals surface area contributed by atoms with Crippen LogP contribution < -0.4 is 5.32 Å². The summed E-state index contributed by atoms with van der Waals surface area (Å²) in [4.78, 5) is 12.2. The van der Waals surface area contributed by atoms with E-state index in [1.165, 1.54) is 0 Å². The van der Waals surface area contributed by atoms with Crippen LogP contribution in [-0.2, 0) is 11.3 Å². The monoisotopic (exact) mass is 263 g/mol. The largest absolute Gasteiger partial charge is 0.353 e. The first-order valence-electron chi connectivity index (χ1n) is 6.72. The van der Waals surface area contributed by atoms with Crippen molar-refractivity contribution < 1.29 is 4.79 Å². The molecular formula is C13H21N5O. The van der Waals surface area contributed by atoms with Crippen molar-refractivity contribution in [1.29, 1.82) is 5.26 Å². The van der Waals surface area contributed by atoms with Crippen LogP contribution in [0.1, 0.15) is 39.5 Å². The van der Waals surface area contributed by atoms with Gasteiger partial charge in [-0.2, -0.15) is 5.26 Å². The normalized spacial score (nSPS) is 11.0. The summed E-state index contributed by atoms with van der Waals surface area (Å²) in [7, 11) is 0. The number of carbonyl (C=O) groups excluding carboxylic acids is 1. The Balaban J connectivity index is 2.54. The van der Waals surface area contributed by atoms with Gasteiger partial charge in [0.2, 0.25) is 5.91 Å². The molecule has 6 nitrogen and oxygen atoms in total. The number of nitriles is 1. The lowest BCUT2D eigenvalue weighted by molar-refractivity contribution is -0.128. The number of aromatic nitrogens is 3. The van der Waals surface area contributed by atoms with Gasteiger partial charge in [0, 0.05) is 12.7 Å². The standard InChI is InChI=1S/C13H21N5O/c1-3-5-13(11-14,6-4-2)12(19)15-7-9-18-10-8-16-17-18/h8,10H,3-7,9H2,1-2H3,(H,15,19). The molecule has 0 aliphatic heterocycles. The summed E-state index contributed by atoms with van der Waals surface area (Å²) >= 11 is 0. The van der Waals surface area contributed by atoms with E-state index >= 15 is 0 Å². The number of rotatable bonds is 8. The quantitative estimate of drug-likeness (QED) is 0.770. The third kappa shape index (κ3) is 4.05. The second kappa shape index (κ2) is 7.52. The van der Waals surface area contributed by atoms with Crippen LogP contribution in [0.5, 0.6) is 0 Å². The van der Waals surface area contributed by atoms with Crippen LogP contribution in [0.25, 0.3) is 0 Å². The molecule has 0 aromatic carbocycles. The first kappa shape index (κ1) is 15.2. The van der Waals surface area contributed by atoms with Gasteiger partial charge in [-0.1, -0.05) is 31.9 Å². The molecular weight excluding hydrogens is 242 g/mol. The van der Waals surface area contributed by atoms with Crippen molar-refractivity contribution >= 4 is 5.91 Å². The van der Waals surface area contributed by atoms with Gasteiger partial charge in [0.15, 0.2) is 0 Å². The fourth-order valence-corrected chi connectivity index (χ4v) is 2.17. The molecule has 1 heterocycles. The Morgan fingerprint density at radius 1 is 1.42 bits per heavy atom. The first-order valence-corrected chi connectivity index (χ1v) is 6.72. The highest BCUT2D eigenvalue weighted by Crippen LogP contribution is 2.29. The first-order chi connectivity index (χ1) is 9.18. The molecule has 19 heavy (non-hydrogen) atoms. The van der Waals surface area contributed by atoms with Crippen LogP contribution in [0.3, 0.4) is 0 Å². The maximum absolute atomic E-state index is 12.2. The third-order valence-electron chi connectivity index (χ3n) is 3.10. The minimum Gasteiger partial charge on any atom is -0.353 e. The molecule has 0 radical (unpaired) electrons. The van der Waals surface area contributed by atoms with Crippen molar-refractivity contribution in [2.75, 3.05) is 6.54 Å². The molecule has 1 rings (SSSR count). The molecule has 104 valence electrons. The highest BCUT2D eigenvalue weighted by molar-refractivity contribution is 5.85. The van der Waals surface area contributed by atoms with Crippen molar-refractivity contribution in [3.05, 3.63) is 12.4 Å². The molecule has 0 saturated heterocycles. The van der Waals surface area contributed by atoms with Gasteiger partial charge in [-0.05, 0) is 12.8 Å². The van der Waals surface area contributed by atoms with Gasteiger partial charge >= 0.3 is 0 Å². The average Bonchev–Trinajstić information content (AvgIpc) is 2.91.